The molecule has 0 aliphatic heterocycles. The first kappa shape index (κ1) is 7.00. The Kier molecular flexibility index (Phi) is 1.86. The van der Waals surface area contributed by atoms with Gasteiger partial charge in [0.05, 0.1) is 0 Å². The van der Waals surface area contributed by atoms with Gasteiger partial charge in [-0.3, -0.25) is 4.98 Å². The molecule has 0 aliphatic rings. The molecule has 0 spiro atoms. The summed E-state index contributed by atoms with van der Waals surface area (Å²) in [6.45, 7) is 7.70. The third-order valence-corrected chi connectivity index (χ3v) is 1.48. The van der Waals surface area contributed by atoms with E-state index in [2.05, 4.69) is 17.6 Å². The largest absolute Gasteiger partial charge is 0.261 e. The fraction of sp³-hybridized carbons (Fsp3) is 0.222. The number of hydrogen-bond acceptors (Lipinski definition) is 1. The first-order valence-electron chi connectivity index (χ1n) is 3.29. The highest BCUT2D eigenvalue weighted by atomic mass is 14.7. The standard InChI is InChI=1S/C9H11N/c1-4-9-5-7(2)6-10-8(9)3/h4-6H,1H2,2-3H3. The molecule has 0 amide bonds. The van der Waals surface area contributed by atoms with Gasteiger partial charge in [-0.25, -0.2) is 0 Å². The van der Waals surface area contributed by atoms with Gasteiger partial charge in [-0.05, 0) is 31.0 Å². The number of aryl methyl sites for hydroxylation is 2. The van der Waals surface area contributed by atoms with Gasteiger partial charge in [-0.2, -0.15) is 0 Å². The molecule has 1 heterocycles. The lowest BCUT2D eigenvalue weighted by Crippen LogP contribution is -1.86. The van der Waals surface area contributed by atoms with Crippen LogP contribution in [-0.4, -0.2) is 4.98 Å². The lowest BCUT2D eigenvalue weighted by atomic mass is 10.1. The smallest absolute Gasteiger partial charge is 0.0444 e. The van der Waals surface area contributed by atoms with E-state index in [1.807, 2.05) is 26.1 Å². The number of hydrogen-bond donors (Lipinski definition) is 0. The van der Waals surface area contributed by atoms with Crippen LogP contribution < -0.4 is 0 Å². The fourth-order valence-electron chi connectivity index (χ4n) is 0.867. The van der Waals surface area contributed by atoms with E-state index in [1.165, 1.54) is 5.56 Å². The van der Waals surface area contributed by atoms with Gasteiger partial charge in [0.2, 0.25) is 0 Å². The molecule has 52 valence electrons. The molecule has 1 nitrogen and oxygen atoms in total. The van der Waals surface area contributed by atoms with Crippen molar-refractivity contribution in [2.24, 2.45) is 0 Å². The zero-order valence-electron chi connectivity index (χ0n) is 6.39. The summed E-state index contributed by atoms with van der Waals surface area (Å²) in [5.41, 5.74) is 3.35. The van der Waals surface area contributed by atoms with Gasteiger partial charge in [-0.1, -0.05) is 12.7 Å². The van der Waals surface area contributed by atoms with Crippen LogP contribution in [0, 0.1) is 13.8 Å². The van der Waals surface area contributed by atoms with Gasteiger partial charge >= 0.3 is 0 Å². The Labute approximate surface area is 61.4 Å². The Morgan fingerprint density at radius 2 is 2.20 bits per heavy atom. The summed E-state index contributed by atoms with van der Waals surface area (Å²) < 4.78 is 0. The van der Waals surface area contributed by atoms with Gasteiger partial charge in [0.1, 0.15) is 0 Å². The summed E-state index contributed by atoms with van der Waals surface area (Å²) in [6, 6.07) is 2.08. The van der Waals surface area contributed by atoms with E-state index in [4.69, 9.17) is 0 Å². The van der Waals surface area contributed by atoms with Crippen LogP contribution in [0.3, 0.4) is 0 Å². The minimum atomic E-state index is 1.04. The van der Waals surface area contributed by atoms with E-state index in [0.29, 0.717) is 0 Å². The lowest BCUT2D eigenvalue weighted by molar-refractivity contribution is 1.16. The molecule has 1 rings (SSSR count). The van der Waals surface area contributed by atoms with E-state index in [-0.39, 0.29) is 0 Å². The van der Waals surface area contributed by atoms with Crippen molar-refractivity contribution in [2.45, 2.75) is 13.8 Å². The van der Waals surface area contributed by atoms with Gasteiger partial charge in [-0.15, -0.1) is 0 Å². The number of aromatic nitrogens is 1. The Morgan fingerprint density at radius 1 is 1.50 bits per heavy atom. The molecule has 0 radical (unpaired) electrons. The highest BCUT2D eigenvalue weighted by Gasteiger charge is 1.92. The van der Waals surface area contributed by atoms with Crippen LogP contribution in [0.25, 0.3) is 6.08 Å². The van der Waals surface area contributed by atoms with Crippen LogP contribution >= 0.6 is 0 Å². The molecule has 1 aromatic heterocycles. The molecule has 0 N–H and O–H groups in total. The van der Waals surface area contributed by atoms with Crippen molar-refractivity contribution in [3.63, 3.8) is 0 Å². The molecular weight excluding hydrogens is 122 g/mol. The quantitative estimate of drug-likeness (QED) is 0.573. The van der Waals surface area contributed by atoms with E-state index in [1.54, 1.807) is 0 Å². The highest BCUT2D eigenvalue weighted by Crippen LogP contribution is 2.07. The summed E-state index contributed by atoms with van der Waals surface area (Å²) in [5.74, 6) is 0. The van der Waals surface area contributed by atoms with Gasteiger partial charge < -0.3 is 0 Å². The third kappa shape index (κ3) is 1.24. The monoisotopic (exact) mass is 133 g/mol. The van der Waals surface area contributed by atoms with Crippen molar-refractivity contribution >= 4 is 6.08 Å². The second-order valence-electron chi connectivity index (χ2n) is 2.39. The molecule has 0 atom stereocenters. The fourth-order valence-corrected chi connectivity index (χ4v) is 0.867. The molecule has 0 unspecified atom stereocenters. The van der Waals surface area contributed by atoms with Crippen LogP contribution in [0.1, 0.15) is 16.8 Å². The molecule has 0 saturated heterocycles. The average molecular weight is 133 g/mol. The second kappa shape index (κ2) is 2.65. The van der Waals surface area contributed by atoms with E-state index in [0.717, 1.165) is 11.3 Å². The number of pyridine rings is 1. The van der Waals surface area contributed by atoms with Gasteiger partial charge in [0.25, 0.3) is 0 Å². The van der Waals surface area contributed by atoms with E-state index in [9.17, 15) is 0 Å². The zero-order chi connectivity index (χ0) is 7.56. The molecule has 1 heteroatoms. The summed E-state index contributed by atoms with van der Waals surface area (Å²) in [7, 11) is 0. The van der Waals surface area contributed by atoms with Crippen molar-refractivity contribution in [3.8, 4) is 0 Å². The zero-order valence-corrected chi connectivity index (χ0v) is 6.39. The predicted octanol–water partition coefficient (Wildman–Crippen LogP) is 2.34. The summed E-state index contributed by atoms with van der Waals surface area (Å²) in [6.07, 6.45) is 3.69. The molecule has 0 bridgehead atoms. The molecular formula is C9H11N. The Hall–Kier alpha value is -1.11. The van der Waals surface area contributed by atoms with Crippen LogP contribution in [-0.2, 0) is 0 Å². The normalized spacial score (nSPS) is 9.40. The predicted molar refractivity (Wildman–Crippen MR) is 43.8 cm³/mol. The molecule has 0 aliphatic carbocycles. The maximum Gasteiger partial charge on any atom is 0.0444 e. The van der Waals surface area contributed by atoms with Crippen molar-refractivity contribution in [2.75, 3.05) is 0 Å². The minimum absolute atomic E-state index is 1.04. The second-order valence-corrected chi connectivity index (χ2v) is 2.39. The van der Waals surface area contributed by atoms with Crippen LogP contribution in [0.4, 0.5) is 0 Å². The molecule has 10 heavy (non-hydrogen) atoms. The minimum Gasteiger partial charge on any atom is -0.261 e. The van der Waals surface area contributed by atoms with Gasteiger partial charge in [0.15, 0.2) is 0 Å². The Balaban J connectivity index is 3.21. The first-order valence-corrected chi connectivity index (χ1v) is 3.29. The maximum absolute atomic E-state index is 4.18. The maximum atomic E-state index is 4.18. The van der Waals surface area contributed by atoms with Crippen LogP contribution in [0.2, 0.25) is 0 Å². The summed E-state index contributed by atoms with van der Waals surface area (Å²) >= 11 is 0. The van der Waals surface area contributed by atoms with Crippen LogP contribution in [0.15, 0.2) is 18.8 Å². The van der Waals surface area contributed by atoms with Crippen molar-refractivity contribution in [1.82, 2.24) is 4.98 Å². The summed E-state index contributed by atoms with van der Waals surface area (Å²) in [4.78, 5) is 4.18. The van der Waals surface area contributed by atoms with E-state index >= 15 is 0 Å². The molecule has 1 aromatic rings. The highest BCUT2D eigenvalue weighted by molar-refractivity contribution is 5.49. The van der Waals surface area contributed by atoms with Crippen molar-refractivity contribution in [3.05, 3.63) is 35.7 Å². The average Bonchev–Trinajstić information content (AvgIpc) is 1.94. The van der Waals surface area contributed by atoms with E-state index < -0.39 is 0 Å². The SMILES string of the molecule is C=Cc1cc(C)cnc1C. The van der Waals surface area contributed by atoms with Crippen LogP contribution in [0.5, 0.6) is 0 Å². The third-order valence-electron chi connectivity index (χ3n) is 1.48. The summed E-state index contributed by atoms with van der Waals surface area (Å²) in [5, 5.41) is 0. The molecule has 0 aromatic carbocycles. The first-order chi connectivity index (χ1) is 4.74. The van der Waals surface area contributed by atoms with Crippen molar-refractivity contribution in [1.29, 1.82) is 0 Å². The van der Waals surface area contributed by atoms with Crippen molar-refractivity contribution < 1.29 is 0 Å². The Morgan fingerprint density at radius 3 is 2.70 bits per heavy atom. The number of rotatable bonds is 1. The number of nitrogens with zero attached hydrogens (tertiary/aromatic N) is 1. The molecule has 0 fully saturated rings. The molecule has 0 saturated carbocycles. The Bertz CT molecular complexity index is 251. The lowest BCUT2D eigenvalue weighted by Gasteiger charge is -1.98. The topological polar surface area (TPSA) is 12.9 Å². The van der Waals surface area contributed by atoms with Gasteiger partial charge in [0, 0.05) is 11.9 Å².